The summed E-state index contributed by atoms with van der Waals surface area (Å²) in [5.41, 5.74) is 1.51. The van der Waals surface area contributed by atoms with Crippen LogP contribution >= 0.6 is 35.0 Å². The van der Waals surface area contributed by atoms with Crippen LogP contribution in [0.2, 0.25) is 10.0 Å². The lowest BCUT2D eigenvalue weighted by atomic mass is 10.2. The van der Waals surface area contributed by atoms with Crippen molar-refractivity contribution in [3.8, 4) is 11.5 Å². The second-order valence-corrected chi connectivity index (χ2v) is 8.47. The Labute approximate surface area is 200 Å². The first-order valence-electron chi connectivity index (χ1n) is 9.59. The van der Waals surface area contributed by atoms with Crippen molar-refractivity contribution in [3.63, 3.8) is 0 Å². The molecule has 2 aromatic carbocycles. The Bertz CT molecular complexity index is 1120. The normalized spacial score (nSPS) is 10.6. The lowest BCUT2D eigenvalue weighted by molar-refractivity contribution is -0.113. The van der Waals surface area contributed by atoms with E-state index >= 15 is 0 Å². The van der Waals surface area contributed by atoms with Gasteiger partial charge in [0.2, 0.25) is 5.91 Å². The molecule has 7 nitrogen and oxygen atoms in total. The molecule has 1 amide bonds. The number of ether oxygens (including phenoxy) is 2. The van der Waals surface area contributed by atoms with Crippen molar-refractivity contribution in [1.82, 2.24) is 14.8 Å². The monoisotopic (exact) mass is 492 g/mol. The molecule has 0 radical (unpaired) electrons. The number of methoxy groups -OCH3 is 1. The average molecular weight is 493 g/mol. The number of thioether (sulfide) groups is 1. The molecule has 1 N–H and O–H groups in total. The first-order valence-corrected chi connectivity index (χ1v) is 11.3. The van der Waals surface area contributed by atoms with Gasteiger partial charge in [0.05, 0.1) is 17.9 Å². The highest BCUT2D eigenvalue weighted by molar-refractivity contribution is 7.99. The Hall–Kier alpha value is -2.68. The van der Waals surface area contributed by atoms with Crippen molar-refractivity contribution < 1.29 is 14.3 Å². The summed E-state index contributed by atoms with van der Waals surface area (Å²) in [6.07, 6.45) is 1.74. The van der Waals surface area contributed by atoms with E-state index in [9.17, 15) is 4.79 Å². The number of nitrogens with one attached hydrogen (secondary N) is 1. The van der Waals surface area contributed by atoms with Crippen LogP contribution in [0, 0.1) is 6.92 Å². The Morgan fingerprint density at radius 1 is 1.22 bits per heavy atom. The number of hydrogen-bond acceptors (Lipinski definition) is 6. The van der Waals surface area contributed by atoms with Gasteiger partial charge in [0.1, 0.15) is 18.1 Å². The summed E-state index contributed by atoms with van der Waals surface area (Å²) in [6, 6.07) is 10.5. The third kappa shape index (κ3) is 6.18. The number of rotatable bonds is 10. The summed E-state index contributed by atoms with van der Waals surface area (Å²) in [5.74, 6) is 1.84. The fourth-order valence-corrected chi connectivity index (χ4v) is 4.08. The van der Waals surface area contributed by atoms with Crippen LogP contribution < -0.4 is 14.8 Å². The minimum absolute atomic E-state index is 0.149. The predicted molar refractivity (Wildman–Crippen MR) is 128 cm³/mol. The first kappa shape index (κ1) is 24.0. The topological polar surface area (TPSA) is 78.3 Å². The van der Waals surface area contributed by atoms with Crippen molar-refractivity contribution in [2.24, 2.45) is 0 Å². The largest absolute Gasteiger partial charge is 0.495 e. The molecule has 1 heterocycles. The summed E-state index contributed by atoms with van der Waals surface area (Å²) in [5, 5.41) is 12.9. The highest BCUT2D eigenvalue weighted by Crippen LogP contribution is 2.28. The Kier molecular flexibility index (Phi) is 8.44. The molecule has 3 aromatic rings. The molecule has 0 bridgehead atoms. The molecule has 3 rings (SSSR count). The summed E-state index contributed by atoms with van der Waals surface area (Å²) >= 11 is 13.4. The first-order chi connectivity index (χ1) is 15.4. The minimum atomic E-state index is -0.195. The van der Waals surface area contributed by atoms with E-state index in [-0.39, 0.29) is 18.3 Å². The highest BCUT2D eigenvalue weighted by Gasteiger charge is 2.15. The molecular formula is C22H22Cl2N4O3S. The molecule has 32 heavy (non-hydrogen) atoms. The van der Waals surface area contributed by atoms with Gasteiger partial charge in [-0.15, -0.1) is 16.8 Å². The van der Waals surface area contributed by atoms with E-state index in [2.05, 4.69) is 22.1 Å². The maximum absolute atomic E-state index is 12.4. The third-order valence-corrected chi connectivity index (χ3v) is 5.86. The van der Waals surface area contributed by atoms with Gasteiger partial charge in [-0.05, 0) is 48.9 Å². The molecule has 0 saturated heterocycles. The zero-order valence-corrected chi connectivity index (χ0v) is 19.9. The van der Waals surface area contributed by atoms with Crippen LogP contribution in [0.4, 0.5) is 5.69 Å². The molecule has 10 heteroatoms. The van der Waals surface area contributed by atoms with Crippen LogP contribution in [-0.2, 0) is 17.9 Å². The summed E-state index contributed by atoms with van der Waals surface area (Å²) in [6.45, 7) is 6.42. The van der Waals surface area contributed by atoms with Crippen LogP contribution in [0.1, 0.15) is 11.4 Å². The minimum Gasteiger partial charge on any atom is -0.495 e. The number of carbonyl (C=O) groups is 1. The van der Waals surface area contributed by atoms with Gasteiger partial charge in [-0.3, -0.25) is 9.36 Å². The van der Waals surface area contributed by atoms with Gasteiger partial charge in [0.25, 0.3) is 0 Å². The molecule has 0 aliphatic heterocycles. The number of amides is 1. The second-order valence-electron chi connectivity index (χ2n) is 6.68. The van der Waals surface area contributed by atoms with Crippen molar-refractivity contribution in [2.45, 2.75) is 25.2 Å². The van der Waals surface area contributed by atoms with Crippen LogP contribution in [0.15, 0.2) is 54.2 Å². The fraction of sp³-hybridized carbons (Fsp3) is 0.227. The SMILES string of the molecule is C=CCn1c(COc2ccc(Cl)cc2C)nnc1SCC(=O)Nc1ccc(OC)c(Cl)c1. The Morgan fingerprint density at radius 3 is 2.69 bits per heavy atom. The third-order valence-electron chi connectivity index (χ3n) is 4.37. The molecule has 0 fully saturated rings. The molecular weight excluding hydrogens is 471 g/mol. The van der Waals surface area contributed by atoms with Gasteiger partial charge in [0.15, 0.2) is 11.0 Å². The van der Waals surface area contributed by atoms with Crippen molar-refractivity contribution in [2.75, 3.05) is 18.2 Å². The van der Waals surface area contributed by atoms with Crippen molar-refractivity contribution in [3.05, 3.63) is 70.5 Å². The number of benzene rings is 2. The Morgan fingerprint density at radius 2 is 2.00 bits per heavy atom. The highest BCUT2D eigenvalue weighted by atomic mass is 35.5. The summed E-state index contributed by atoms with van der Waals surface area (Å²) < 4.78 is 12.9. The predicted octanol–water partition coefficient (Wildman–Crippen LogP) is 5.40. The maximum Gasteiger partial charge on any atom is 0.234 e. The summed E-state index contributed by atoms with van der Waals surface area (Å²) in [7, 11) is 1.53. The second kappa shape index (κ2) is 11.3. The fourth-order valence-electron chi connectivity index (χ4n) is 2.83. The van der Waals surface area contributed by atoms with Gasteiger partial charge in [-0.1, -0.05) is 41.0 Å². The smallest absolute Gasteiger partial charge is 0.234 e. The van der Waals surface area contributed by atoms with E-state index < -0.39 is 0 Å². The van der Waals surface area contributed by atoms with Gasteiger partial charge >= 0.3 is 0 Å². The number of anilines is 1. The van der Waals surface area contributed by atoms with E-state index in [1.807, 2.05) is 23.6 Å². The average Bonchev–Trinajstić information content (AvgIpc) is 3.14. The standard InChI is InChI=1S/C22H22Cl2N4O3S/c1-4-9-28-20(12-31-18-7-5-15(23)10-14(18)2)26-27-22(28)32-13-21(29)25-16-6-8-19(30-3)17(24)11-16/h4-8,10-11H,1,9,12-13H2,2-3H3,(H,25,29). The van der Waals surface area contributed by atoms with Crippen LogP contribution in [0.25, 0.3) is 0 Å². The number of aromatic nitrogens is 3. The van der Waals surface area contributed by atoms with E-state index in [1.165, 1.54) is 18.9 Å². The van der Waals surface area contributed by atoms with E-state index in [4.69, 9.17) is 32.7 Å². The van der Waals surface area contributed by atoms with Gasteiger partial charge in [0, 0.05) is 17.3 Å². The Balaban J connectivity index is 1.62. The number of aryl methyl sites for hydroxylation is 1. The van der Waals surface area contributed by atoms with E-state index in [0.717, 1.165) is 5.56 Å². The maximum atomic E-state index is 12.4. The lowest BCUT2D eigenvalue weighted by Crippen LogP contribution is -2.15. The molecule has 1 aromatic heterocycles. The number of nitrogens with zero attached hydrogens (tertiary/aromatic N) is 3. The zero-order valence-electron chi connectivity index (χ0n) is 17.6. The molecule has 0 aliphatic carbocycles. The lowest BCUT2D eigenvalue weighted by Gasteiger charge is -2.11. The van der Waals surface area contributed by atoms with Gasteiger partial charge in [-0.25, -0.2) is 0 Å². The van der Waals surface area contributed by atoms with Crippen LogP contribution in [0.3, 0.4) is 0 Å². The molecule has 168 valence electrons. The van der Waals surface area contributed by atoms with Gasteiger partial charge in [-0.2, -0.15) is 0 Å². The van der Waals surface area contributed by atoms with Crippen molar-refractivity contribution in [1.29, 1.82) is 0 Å². The molecule has 0 atom stereocenters. The molecule has 0 unspecified atom stereocenters. The quantitative estimate of drug-likeness (QED) is 0.301. The number of allylic oxidation sites excluding steroid dienone is 1. The van der Waals surface area contributed by atoms with E-state index in [1.54, 1.807) is 30.3 Å². The summed E-state index contributed by atoms with van der Waals surface area (Å²) in [4.78, 5) is 12.4. The number of hydrogen-bond donors (Lipinski definition) is 1. The number of halogens is 2. The van der Waals surface area contributed by atoms with Crippen LogP contribution in [0.5, 0.6) is 11.5 Å². The van der Waals surface area contributed by atoms with E-state index in [0.29, 0.717) is 44.8 Å². The zero-order chi connectivity index (χ0) is 23.1. The van der Waals surface area contributed by atoms with Crippen LogP contribution in [-0.4, -0.2) is 33.5 Å². The molecule has 0 spiro atoms. The van der Waals surface area contributed by atoms with Crippen molar-refractivity contribution >= 4 is 46.6 Å². The molecule has 0 saturated carbocycles. The molecule has 0 aliphatic rings. The van der Waals surface area contributed by atoms with Gasteiger partial charge < -0.3 is 14.8 Å². The number of carbonyl (C=O) groups excluding carboxylic acids is 1.